The van der Waals surface area contributed by atoms with Crippen molar-refractivity contribution in [2.75, 3.05) is 36.4 Å². The second-order valence-corrected chi connectivity index (χ2v) is 8.67. The molecule has 0 unspecified atom stereocenters. The number of rotatable bonds is 4. The highest BCUT2D eigenvalue weighted by Crippen LogP contribution is 2.30. The number of hydrogen-bond donors (Lipinski definition) is 1. The van der Waals surface area contributed by atoms with Crippen molar-refractivity contribution in [3.8, 4) is 0 Å². The number of benzene rings is 2. The third-order valence-electron chi connectivity index (χ3n) is 4.89. The van der Waals surface area contributed by atoms with Gasteiger partial charge in [0.2, 0.25) is 5.91 Å². The van der Waals surface area contributed by atoms with Crippen LogP contribution in [0.25, 0.3) is 0 Å². The number of carbonyl (C=O) groups excluding carboxylic acids is 1. The molecule has 0 radical (unpaired) electrons. The fraction of sp³-hybridized carbons (Fsp3) is 0.409. The van der Waals surface area contributed by atoms with Crippen LogP contribution < -0.4 is 10.2 Å². The van der Waals surface area contributed by atoms with Crippen LogP contribution in [0.1, 0.15) is 26.3 Å². The van der Waals surface area contributed by atoms with Crippen LogP contribution in [-0.2, 0) is 11.3 Å². The molecule has 150 valence electrons. The minimum absolute atomic E-state index is 0.0396. The lowest BCUT2D eigenvalue weighted by molar-refractivity contribution is -0.123. The van der Waals surface area contributed by atoms with Crippen molar-refractivity contribution < 1.29 is 9.18 Å². The maximum absolute atomic E-state index is 13.4. The van der Waals surface area contributed by atoms with E-state index in [9.17, 15) is 9.18 Å². The van der Waals surface area contributed by atoms with E-state index in [0.717, 1.165) is 44.0 Å². The molecule has 1 heterocycles. The quantitative estimate of drug-likeness (QED) is 0.797. The maximum Gasteiger partial charge on any atom is 0.229 e. The largest absolute Gasteiger partial charge is 0.368 e. The van der Waals surface area contributed by atoms with Crippen LogP contribution in [0.2, 0.25) is 5.02 Å². The van der Waals surface area contributed by atoms with E-state index in [2.05, 4.69) is 15.1 Å². The Bertz CT molecular complexity index is 842. The number of piperazine rings is 1. The highest BCUT2D eigenvalue weighted by atomic mass is 35.5. The highest BCUT2D eigenvalue weighted by Gasteiger charge is 2.22. The van der Waals surface area contributed by atoms with Gasteiger partial charge >= 0.3 is 0 Å². The number of carbonyl (C=O) groups is 1. The van der Waals surface area contributed by atoms with E-state index >= 15 is 0 Å². The van der Waals surface area contributed by atoms with Crippen LogP contribution in [0.4, 0.5) is 15.8 Å². The molecule has 0 saturated carbocycles. The molecule has 6 heteroatoms. The van der Waals surface area contributed by atoms with Crippen LogP contribution in [0.5, 0.6) is 0 Å². The fourth-order valence-corrected chi connectivity index (χ4v) is 3.50. The fourth-order valence-electron chi connectivity index (χ4n) is 3.20. The molecule has 4 nitrogen and oxygen atoms in total. The zero-order chi connectivity index (χ0) is 20.3. The second kappa shape index (κ2) is 8.50. The summed E-state index contributed by atoms with van der Waals surface area (Å²) in [6, 6.07) is 12.4. The van der Waals surface area contributed by atoms with Gasteiger partial charge in [0.25, 0.3) is 0 Å². The Kier molecular flexibility index (Phi) is 6.26. The zero-order valence-electron chi connectivity index (χ0n) is 16.6. The molecule has 1 aliphatic rings. The molecule has 2 aromatic carbocycles. The lowest BCUT2D eigenvalue weighted by Crippen LogP contribution is -2.46. The zero-order valence-corrected chi connectivity index (χ0v) is 17.4. The number of nitrogens with zero attached hydrogens (tertiary/aromatic N) is 2. The normalized spacial score (nSPS) is 15.5. The third-order valence-corrected chi connectivity index (χ3v) is 5.20. The third kappa shape index (κ3) is 5.24. The highest BCUT2D eigenvalue weighted by molar-refractivity contribution is 6.33. The first-order chi connectivity index (χ1) is 13.2. The van der Waals surface area contributed by atoms with Crippen molar-refractivity contribution in [2.24, 2.45) is 5.41 Å². The molecule has 1 N–H and O–H groups in total. The monoisotopic (exact) mass is 403 g/mol. The van der Waals surface area contributed by atoms with Gasteiger partial charge in [-0.1, -0.05) is 44.5 Å². The first-order valence-electron chi connectivity index (χ1n) is 9.55. The van der Waals surface area contributed by atoms with Gasteiger partial charge in [-0.25, -0.2) is 4.39 Å². The average molecular weight is 404 g/mol. The minimum Gasteiger partial charge on any atom is -0.368 e. The minimum atomic E-state index is -0.455. The van der Waals surface area contributed by atoms with Gasteiger partial charge in [0.1, 0.15) is 5.82 Å². The van der Waals surface area contributed by atoms with Crippen molar-refractivity contribution in [3.05, 3.63) is 58.9 Å². The molecule has 0 spiro atoms. The number of anilines is 2. The molecule has 3 rings (SSSR count). The second-order valence-electron chi connectivity index (χ2n) is 8.26. The summed E-state index contributed by atoms with van der Waals surface area (Å²) in [5, 5.41) is 3.54. The first kappa shape index (κ1) is 20.6. The molecular formula is C22H27ClFN3O. The van der Waals surface area contributed by atoms with Gasteiger partial charge < -0.3 is 10.2 Å². The smallest absolute Gasteiger partial charge is 0.229 e. The van der Waals surface area contributed by atoms with Crippen molar-refractivity contribution in [3.63, 3.8) is 0 Å². The summed E-state index contributed by atoms with van der Waals surface area (Å²) in [5.74, 6) is -0.233. The van der Waals surface area contributed by atoms with Gasteiger partial charge in [0.05, 0.1) is 10.7 Å². The van der Waals surface area contributed by atoms with Crippen LogP contribution in [0, 0.1) is 11.2 Å². The van der Waals surface area contributed by atoms with E-state index in [1.54, 1.807) is 18.2 Å². The Balaban J connectivity index is 1.59. The first-order valence-corrected chi connectivity index (χ1v) is 9.93. The number of nitrogens with one attached hydrogen (secondary N) is 1. The Morgan fingerprint density at radius 2 is 1.82 bits per heavy atom. The summed E-state index contributed by atoms with van der Waals surface area (Å²) in [5.41, 5.74) is 2.22. The van der Waals surface area contributed by atoms with Gasteiger partial charge in [-0.15, -0.1) is 0 Å². The van der Waals surface area contributed by atoms with Crippen LogP contribution in [0.15, 0.2) is 42.5 Å². The molecule has 28 heavy (non-hydrogen) atoms. The van der Waals surface area contributed by atoms with Crippen LogP contribution in [0.3, 0.4) is 0 Å². The van der Waals surface area contributed by atoms with Gasteiger partial charge in [0.15, 0.2) is 0 Å². The number of amides is 1. The molecule has 0 aromatic heterocycles. The summed E-state index contributed by atoms with van der Waals surface area (Å²) in [7, 11) is 0. The summed E-state index contributed by atoms with van der Waals surface area (Å²) in [6.45, 7) is 9.85. The molecule has 0 atom stereocenters. The Hall–Kier alpha value is -2.11. The van der Waals surface area contributed by atoms with Crippen molar-refractivity contribution in [1.29, 1.82) is 0 Å². The van der Waals surface area contributed by atoms with Crippen molar-refractivity contribution in [1.82, 2.24) is 4.90 Å². The van der Waals surface area contributed by atoms with E-state index in [4.69, 9.17) is 11.6 Å². The predicted molar refractivity (Wildman–Crippen MR) is 113 cm³/mol. The Labute approximate surface area is 171 Å². The Morgan fingerprint density at radius 1 is 1.11 bits per heavy atom. The predicted octanol–water partition coefficient (Wildman–Crippen LogP) is 4.79. The molecule has 1 aliphatic heterocycles. The van der Waals surface area contributed by atoms with E-state index < -0.39 is 5.41 Å². The van der Waals surface area contributed by atoms with Crippen molar-refractivity contribution in [2.45, 2.75) is 27.3 Å². The lowest BCUT2D eigenvalue weighted by atomic mass is 9.95. The van der Waals surface area contributed by atoms with Crippen LogP contribution >= 0.6 is 11.6 Å². The lowest BCUT2D eigenvalue weighted by Gasteiger charge is -2.36. The standard InChI is InChI=1S/C22H27ClFN3O/c1-22(2,3)21(28)25-18-7-8-20(19(23)14-18)27-11-9-26(10-12-27)15-16-5-4-6-17(24)13-16/h4-8,13-14H,9-12,15H2,1-3H3,(H,25,28). The Morgan fingerprint density at radius 3 is 2.43 bits per heavy atom. The molecule has 1 amide bonds. The van der Waals surface area contributed by atoms with Gasteiger partial charge in [0, 0.05) is 43.8 Å². The van der Waals surface area contributed by atoms with E-state index in [1.807, 2.05) is 39.0 Å². The van der Waals surface area contributed by atoms with Crippen LogP contribution in [-0.4, -0.2) is 37.0 Å². The summed E-state index contributed by atoms with van der Waals surface area (Å²) >= 11 is 6.50. The van der Waals surface area contributed by atoms with E-state index in [-0.39, 0.29) is 11.7 Å². The average Bonchev–Trinajstić information content (AvgIpc) is 2.62. The molecule has 0 aliphatic carbocycles. The number of hydrogen-bond acceptors (Lipinski definition) is 3. The van der Waals surface area contributed by atoms with E-state index in [1.165, 1.54) is 6.07 Å². The topological polar surface area (TPSA) is 35.6 Å². The van der Waals surface area contributed by atoms with Gasteiger partial charge in [-0.2, -0.15) is 0 Å². The molecule has 2 aromatic rings. The molecule has 0 bridgehead atoms. The number of halogens is 2. The molecular weight excluding hydrogens is 377 g/mol. The summed E-state index contributed by atoms with van der Waals surface area (Å²) in [4.78, 5) is 16.7. The SMILES string of the molecule is CC(C)(C)C(=O)Nc1ccc(N2CCN(Cc3cccc(F)c3)CC2)c(Cl)c1. The van der Waals surface area contributed by atoms with E-state index in [0.29, 0.717) is 10.7 Å². The molecule has 1 saturated heterocycles. The van der Waals surface area contributed by atoms with Gasteiger partial charge in [-0.3, -0.25) is 9.69 Å². The summed E-state index contributed by atoms with van der Waals surface area (Å²) < 4.78 is 13.4. The van der Waals surface area contributed by atoms with Gasteiger partial charge in [-0.05, 0) is 35.9 Å². The van der Waals surface area contributed by atoms with Crippen molar-refractivity contribution >= 4 is 28.9 Å². The molecule has 1 fully saturated rings. The maximum atomic E-state index is 13.4. The summed E-state index contributed by atoms with van der Waals surface area (Å²) in [6.07, 6.45) is 0.